The van der Waals surface area contributed by atoms with Crippen LogP contribution in [0.5, 0.6) is 0 Å². The molecule has 2 atom stereocenters. The highest BCUT2D eigenvalue weighted by molar-refractivity contribution is 14.0. The second-order valence-electron chi connectivity index (χ2n) is 6.39. The van der Waals surface area contributed by atoms with Gasteiger partial charge in [0, 0.05) is 25.7 Å². The zero-order valence-electron chi connectivity index (χ0n) is 15.4. The van der Waals surface area contributed by atoms with E-state index in [1.165, 1.54) is 0 Å². The quantitative estimate of drug-likeness (QED) is 0.281. The maximum absolute atomic E-state index is 11.6. The van der Waals surface area contributed by atoms with Crippen LogP contribution < -0.4 is 16.0 Å². The number of guanidine groups is 1. The Kier molecular flexibility index (Phi) is 11.4. The molecule has 25 heavy (non-hydrogen) atoms. The SMILES string of the molecule is CCOC(=O)NC(CNC(=NC)NC1CCS(=O)(=O)C1)CC(C)C.I. The minimum atomic E-state index is -2.94. The van der Waals surface area contributed by atoms with Crippen LogP contribution in [-0.2, 0) is 14.6 Å². The van der Waals surface area contributed by atoms with Crippen LogP contribution in [0.2, 0.25) is 0 Å². The summed E-state index contributed by atoms with van der Waals surface area (Å²) in [6.45, 7) is 6.73. The van der Waals surface area contributed by atoms with E-state index < -0.39 is 15.9 Å². The van der Waals surface area contributed by atoms with Crippen LogP contribution in [0.3, 0.4) is 0 Å². The van der Waals surface area contributed by atoms with Crippen molar-refractivity contribution in [1.82, 2.24) is 16.0 Å². The van der Waals surface area contributed by atoms with Gasteiger partial charge in [-0.25, -0.2) is 13.2 Å². The molecular weight excluding hydrogens is 459 g/mol. The number of nitrogens with one attached hydrogen (secondary N) is 3. The fourth-order valence-corrected chi connectivity index (χ4v) is 4.29. The zero-order valence-corrected chi connectivity index (χ0v) is 18.5. The van der Waals surface area contributed by atoms with E-state index >= 15 is 0 Å². The zero-order chi connectivity index (χ0) is 18.2. The van der Waals surface area contributed by atoms with E-state index in [9.17, 15) is 13.2 Å². The van der Waals surface area contributed by atoms with Gasteiger partial charge >= 0.3 is 6.09 Å². The predicted molar refractivity (Wildman–Crippen MR) is 110 cm³/mol. The lowest BCUT2D eigenvalue weighted by Crippen LogP contribution is -2.50. The first kappa shape index (κ1) is 24.2. The smallest absolute Gasteiger partial charge is 0.407 e. The molecule has 10 heteroatoms. The Bertz CT molecular complexity index is 540. The second kappa shape index (κ2) is 11.8. The summed E-state index contributed by atoms with van der Waals surface area (Å²) in [6, 6.07) is -0.224. The lowest BCUT2D eigenvalue weighted by atomic mass is 10.0. The van der Waals surface area contributed by atoms with Crippen molar-refractivity contribution < 1.29 is 17.9 Å². The van der Waals surface area contributed by atoms with Gasteiger partial charge in [-0.2, -0.15) is 0 Å². The molecule has 8 nitrogen and oxygen atoms in total. The third-order valence-corrected chi connectivity index (χ3v) is 5.43. The first-order valence-corrected chi connectivity index (χ1v) is 10.2. The van der Waals surface area contributed by atoms with E-state index in [4.69, 9.17) is 4.74 Å². The maximum atomic E-state index is 11.6. The number of sulfone groups is 1. The predicted octanol–water partition coefficient (Wildman–Crippen LogP) is 1.12. The Hall–Kier alpha value is -0.780. The van der Waals surface area contributed by atoms with Gasteiger partial charge in [-0.1, -0.05) is 13.8 Å². The number of nitrogens with zero attached hydrogens (tertiary/aromatic N) is 1. The summed E-state index contributed by atoms with van der Waals surface area (Å²) >= 11 is 0. The number of hydrogen-bond donors (Lipinski definition) is 3. The van der Waals surface area contributed by atoms with Gasteiger partial charge in [0.15, 0.2) is 15.8 Å². The molecule has 1 amide bonds. The number of rotatable bonds is 7. The van der Waals surface area contributed by atoms with Crippen molar-refractivity contribution in [2.75, 3.05) is 31.7 Å². The minimum Gasteiger partial charge on any atom is -0.450 e. The van der Waals surface area contributed by atoms with E-state index in [-0.39, 0.29) is 47.6 Å². The Morgan fingerprint density at radius 2 is 2.04 bits per heavy atom. The fraction of sp³-hybridized carbons (Fsp3) is 0.867. The van der Waals surface area contributed by atoms with Crippen molar-refractivity contribution in [2.24, 2.45) is 10.9 Å². The standard InChI is InChI=1S/C15H30N4O4S.HI/c1-5-23-15(20)19-13(8-11(2)3)9-17-14(16-4)18-12-6-7-24(21,22)10-12;/h11-13H,5-10H2,1-4H3,(H,19,20)(H2,16,17,18);1H. The third-order valence-electron chi connectivity index (χ3n) is 3.67. The van der Waals surface area contributed by atoms with Crippen molar-refractivity contribution in [3.63, 3.8) is 0 Å². The van der Waals surface area contributed by atoms with Gasteiger partial charge in [0.05, 0.1) is 18.1 Å². The van der Waals surface area contributed by atoms with Crippen LogP contribution in [0.4, 0.5) is 4.79 Å². The number of carbonyl (C=O) groups is 1. The number of amides is 1. The number of ether oxygens (including phenoxy) is 1. The average Bonchev–Trinajstić information content (AvgIpc) is 2.81. The highest BCUT2D eigenvalue weighted by atomic mass is 127. The molecular formula is C15H31IN4O4S. The molecule has 1 fully saturated rings. The molecule has 0 aliphatic carbocycles. The van der Waals surface area contributed by atoms with Gasteiger partial charge in [-0.05, 0) is 25.7 Å². The number of alkyl carbamates (subject to hydrolysis) is 1. The molecule has 1 heterocycles. The molecule has 3 N–H and O–H groups in total. The summed E-state index contributed by atoms with van der Waals surface area (Å²) in [5, 5.41) is 9.11. The molecule has 1 saturated heterocycles. The lowest BCUT2D eigenvalue weighted by molar-refractivity contribution is 0.146. The third kappa shape index (κ3) is 10.1. The monoisotopic (exact) mass is 490 g/mol. The van der Waals surface area contributed by atoms with Crippen LogP contribution in [-0.4, -0.2) is 64.3 Å². The summed E-state index contributed by atoms with van der Waals surface area (Å²) in [5.41, 5.74) is 0. The molecule has 0 aromatic carbocycles. The fourth-order valence-electron chi connectivity index (χ4n) is 2.62. The van der Waals surface area contributed by atoms with Crippen molar-refractivity contribution in [3.8, 4) is 0 Å². The number of halogens is 1. The molecule has 0 aromatic heterocycles. The van der Waals surface area contributed by atoms with E-state index in [2.05, 4.69) is 34.8 Å². The number of carbonyl (C=O) groups excluding carboxylic acids is 1. The summed E-state index contributed by atoms with van der Waals surface area (Å²) in [6.07, 6.45) is 0.940. The molecule has 0 bridgehead atoms. The van der Waals surface area contributed by atoms with E-state index in [0.29, 0.717) is 31.4 Å². The van der Waals surface area contributed by atoms with Crippen LogP contribution in [0.15, 0.2) is 4.99 Å². The molecule has 148 valence electrons. The Balaban J connectivity index is 0.00000576. The molecule has 1 aliphatic heterocycles. The van der Waals surface area contributed by atoms with Crippen LogP contribution >= 0.6 is 24.0 Å². The summed E-state index contributed by atoms with van der Waals surface area (Å²) < 4.78 is 28.0. The maximum Gasteiger partial charge on any atom is 0.407 e. The minimum absolute atomic E-state index is 0. The Labute approximate surface area is 167 Å². The number of hydrogen-bond acceptors (Lipinski definition) is 5. The van der Waals surface area contributed by atoms with Crippen molar-refractivity contribution >= 4 is 45.9 Å². The van der Waals surface area contributed by atoms with Gasteiger partial charge < -0.3 is 20.7 Å². The van der Waals surface area contributed by atoms with Crippen molar-refractivity contribution in [3.05, 3.63) is 0 Å². The van der Waals surface area contributed by atoms with Crippen molar-refractivity contribution in [2.45, 2.75) is 45.7 Å². The highest BCUT2D eigenvalue weighted by Gasteiger charge is 2.28. The number of aliphatic imine (C=N–C) groups is 1. The van der Waals surface area contributed by atoms with E-state index in [1.807, 2.05) is 0 Å². The van der Waals surface area contributed by atoms with Crippen LogP contribution in [0.25, 0.3) is 0 Å². The lowest BCUT2D eigenvalue weighted by Gasteiger charge is -2.23. The topological polar surface area (TPSA) is 109 Å². The molecule has 1 aliphatic rings. The normalized spacial score (nSPS) is 20.5. The van der Waals surface area contributed by atoms with E-state index in [0.717, 1.165) is 6.42 Å². The van der Waals surface area contributed by atoms with Gasteiger partial charge in [0.2, 0.25) is 0 Å². The molecule has 0 radical (unpaired) electrons. The van der Waals surface area contributed by atoms with Gasteiger partial charge in [-0.3, -0.25) is 4.99 Å². The largest absolute Gasteiger partial charge is 0.450 e. The Morgan fingerprint density at radius 3 is 2.52 bits per heavy atom. The van der Waals surface area contributed by atoms with Crippen molar-refractivity contribution in [1.29, 1.82) is 0 Å². The molecule has 0 saturated carbocycles. The molecule has 0 spiro atoms. The van der Waals surface area contributed by atoms with Gasteiger partial charge in [0.1, 0.15) is 0 Å². The average molecular weight is 490 g/mol. The van der Waals surface area contributed by atoms with Crippen LogP contribution in [0.1, 0.15) is 33.6 Å². The summed E-state index contributed by atoms with van der Waals surface area (Å²) in [4.78, 5) is 15.7. The van der Waals surface area contributed by atoms with Gasteiger partial charge in [-0.15, -0.1) is 24.0 Å². The van der Waals surface area contributed by atoms with Gasteiger partial charge in [0.25, 0.3) is 0 Å². The summed E-state index contributed by atoms with van der Waals surface area (Å²) in [7, 11) is -1.30. The first-order valence-electron chi connectivity index (χ1n) is 8.36. The summed E-state index contributed by atoms with van der Waals surface area (Å²) in [5.74, 6) is 1.29. The Morgan fingerprint density at radius 1 is 1.36 bits per heavy atom. The van der Waals surface area contributed by atoms with E-state index in [1.54, 1.807) is 14.0 Å². The molecule has 1 rings (SSSR count). The van der Waals surface area contributed by atoms with Crippen LogP contribution in [0, 0.1) is 5.92 Å². The molecule has 0 aromatic rings. The second-order valence-corrected chi connectivity index (χ2v) is 8.62. The highest BCUT2D eigenvalue weighted by Crippen LogP contribution is 2.11. The molecule has 2 unspecified atom stereocenters. The first-order chi connectivity index (χ1) is 11.3.